The van der Waals surface area contributed by atoms with Gasteiger partial charge < -0.3 is 19.7 Å². The molecular formula is C17H30N4O2S. The van der Waals surface area contributed by atoms with Gasteiger partial charge in [-0.15, -0.1) is 11.3 Å². The molecule has 24 heavy (non-hydrogen) atoms. The minimum absolute atomic E-state index is 0.575. The molecule has 1 atom stereocenters. The third-order valence-electron chi connectivity index (χ3n) is 4.15. The summed E-state index contributed by atoms with van der Waals surface area (Å²) in [4.78, 5) is 11.3. The van der Waals surface area contributed by atoms with E-state index in [4.69, 9.17) is 9.47 Å². The molecule has 1 unspecified atom stereocenters. The predicted octanol–water partition coefficient (Wildman–Crippen LogP) is 1.81. The Kier molecular flexibility index (Phi) is 8.49. The molecule has 1 N–H and O–H groups in total. The zero-order valence-corrected chi connectivity index (χ0v) is 15.9. The Bertz CT molecular complexity index is 507. The normalized spacial score (nSPS) is 18.4. The number of likely N-dealkylation sites (tertiary alicyclic amines) is 1. The van der Waals surface area contributed by atoms with E-state index in [2.05, 4.69) is 32.5 Å². The SMILES string of the molecule is CCc1nc(CCNC(=NC)N2CCC(COCCOC)C2)cs1. The number of rotatable bonds is 9. The molecule has 1 fully saturated rings. The minimum Gasteiger partial charge on any atom is -0.382 e. The molecule has 6 nitrogen and oxygen atoms in total. The Morgan fingerprint density at radius 2 is 2.38 bits per heavy atom. The maximum atomic E-state index is 5.65. The van der Waals surface area contributed by atoms with Gasteiger partial charge >= 0.3 is 0 Å². The van der Waals surface area contributed by atoms with Crippen LogP contribution in [0.1, 0.15) is 24.0 Å². The maximum Gasteiger partial charge on any atom is 0.193 e. The van der Waals surface area contributed by atoms with Crippen molar-refractivity contribution in [1.29, 1.82) is 0 Å². The molecule has 0 aliphatic carbocycles. The molecule has 0 amide bonds. The highest BCUT2D eigenvalue weighted by Gasteiger charge is 2.24. The van der Waals surface area contributed by atoms with Gasteiger partial charge in [-0.1, -0.05) is 6.92 Å². The summed E-state index contributed by atoms with van der Waals surface area (Å²) in [6.45, 7) is 7.19. The van der Waals surface area contributed by atoms with Gasteiger partial charge in [-0.05, 0) is 12.8 Å². The summed E-state index contributed by atoms with van der Waals surface area (Å²) in [5.41, 5.74) is 1.17. The quantitative estimate of drug-likeness (QED) is 0.416. The summed E-state index contributed by atoms with van der Waals surface area (Å²) >= 11 is 1.75. The largest absolute Gasteiger partial charge is 0.382 e. The lowest BCUT2D eigenvalue weighted by Crippen LogP contribution is -2.41. The lowest BCUT2D eigenvalue weighted by molar-refractivity contribution is 0.0536. The predicted molar refractivity (Wildman–Crippen MR) is 98.9 cm³/mol. The smallest absolute Gasteiger partial charge is 0.193 e. The first-order valence-electron chi connectivity index (χ1n) is 8.72. The van der Waals surface area contributed by atoms with Gasteiger partial charge in [0.15, 0.2) is 5.96 Å². The van der Waals surface area contributed by atoms with Crippen LogP contribution >= 0.6 is 11.3 Å². The van der Waals surface area contributed by atoms with Crippen molar-refractivity contribution in [3.8, 4) is 0 Å². The standard InChI is InChI=1S/C17H30N4O2S/c1-4-16-20-15(13-24-16)5-7-19-17(18-2)21-8-6-14(11-21)12-23-10-9-22-3/h13-14H,4-12H2,1-3H3,(H,18,19). The average molecular weight is 355 g/mol. The lowest BCUT2D eigenvalue weighted by Gasteiger charge is -2.21. The second-order valence-corrected chi connectivity index (χ2v) is 6.92. The van der Waals surface area contributed by atoms with E-state index in [0.29, 0.717) is 19.1 Å². The number of aromatic nitrogens is 1. The fourth-order valence-electron chi connectivity index (χ4n) is 2.81. The second kappa shape index (κ2) is 10.6. The minimum atomic E-state index is 0.575. The number of hydrogen-bond donors (Lipinski definition) is 1. The molecule has 2 heterocycles. The maximum absolute atomic E-state index is 5.65. The van der Waals surface area contributed by atoms with E-state index in [0.717, 1.165) is 51.5 Å². The van der Waals surface area contributed by atoms with E-state index in [1.54, 1.807) is 18.4 Å². The number of ether oxygens (including phenoxy) is 2. The molecule has 1 aromatic heterocycles. The topological polar surface area (TPSA) is 59.0 Å². The summed E-state index contributed by atoms with van der Waals surface area (Å²) in [6, 6.07) is 0. The molecule has 0 saturated carbocycles. The van der Waals surface area contributed by atoms with Gasteiger partial charge in [0.05, 0.1) is 30.5 Å². The van der Waals surface area contributed by atoms with Crippen molar-refractivity contribution in [3.63, 3.8) is 0 Å². The van der Waals surface area contributed by atoms with Crippen LogP contribution in [0.25, 0.3) is 0 Å². The van der Waals surface area contributed by atoms with Crippen molar-refractivity contribution in [2.45, 2.75) is 26.2 Å². The van der Waals surface area contributed by atoms with E-state index in [1.807, 2.05) is 7.05 Å². The molecule has 1 aliphatic heterocycles. The van der Waals surface area contributed by atoms with Crippen molar-refractivity contribution in [1.82, 2.24) is 15.2 Å². The average Bonchev–Trinajstić information content (AvgIpc) is 3.25. The Labute approximate surface area is 149 Å². The highest BCUT2D eigenvalue weighted by atomic mass is 32.1. The number of methoxy groups -OCH3 is 1. The fraction of sp³-hybridized carbons (Fsp3) is 0.765. The first-order chi connectivity index (χ1) is 11.8. The van der Waals surface area contributed by atoms with Gasteiger partial charge in [0, 0.05) is 51.5 Å². The number of nitrogens with one attached hydrogen (secondary N) is 1. The van der Waals surface area contributed by atoms with Crippen LogP contribution in [0.4, 0.5) is 0 Å². The molecule has 1 saturated heterocycles. The highest BCUT2D eigenvalue weighted by molar-refractivity contribution is 7.09. The van der Waals surface area contributed by atoms with Crippen LogP contribution in [0.15, 0.2) is 10.4 Å². The van der Waals surface area contributed by atoms with Gasteiger partial charge in [-0.25, -0.2) is 4.98 Å². The van der Waals surface area contributed by atoms with Crippen LogP contribution in [-0.2, 0) is 22.3 Å². The summed E-state index contributed by atoms with van der Waals surface area (Å²) < 4.78 is 10.7. The summed E-state index contributed by atoms with van der Waals surface area (Å²) in [5.74, 6) is 1.56. The van der Waals surface area contributed by atoms with Crippen molar-refractivity contribution < 1.29 is 9.47 Å². The fourth-order valence-corrected chi connectivity index (χ4v) is 3.59. The Hall–Kier alpha value is -1.18. The molecule has 1 aliphatic rings. The van der Waals surface area contributed by atoms with Gasteiger partial charge in [0.2, 0.25) is 0 Å². The molecule has 1 aromatic rings. The van der Waals surface area contributed by atoms with E-state index in [-0.39, 0.29) is 0 Å². The van der Waals surface area contributed by atoms with Crippen LogP contribution in [0.5, 0.6) is 0 Å². The van der Waals surface area contributed by atoms with Crippen molar-refractivity contribution in [2.75, 3.05) is 53.6 Å². The molecule has 0 spiro atoms. The highest BCUT2D eigenvalue weighted by Crippen LogP contribution is 2.16. The summed E-state index contributed by atoms with van der Waals surface area (Å²) in [7, 11) is 3.55. The zero-order valence-electron chi connectivity index (χ0n) is 15.1. The molecule has 7 heteroatoms. The molecule has 0 radical (unpaired) electrons. The lowest BCUT2D eigenvalue weighted by atomic mass is 10.1. The number of thiazole rings is 1. The Morgan fingerprint density at radius 3 is 3.08 bits per heavy atom. The first-order valence-corrected chi connectivity index (χ1v) is 9.60. The van der Waals surface area contributed by atoms with E-state index < -0.39 is 0 Å². The number of hydrogen-bond acceptors (Lipinski definition) is 5. The number of aliphatic imine (C=N–C) groups is 1. The van der Waals surface area contributed by atoms with Crippen LogP contribution in [0.2, 0.25) is 0 Å². The van der Waals surface area contributed by atoms with Crippen LogP contribution in [-0.4, -0.2) is 69.5 Å². The van der Waals surface area contributed by atoms with E-state index in [9.17, 15) is 0 Å². The first kappa shape index (κ1) is 19.1. The molecule has 136 valence electrons. The zero-order chi connectivity index (χ0) is 17.2. The third kappa shape index (κ3) is 6.03. The van der Waals surface area contributed by atoms with Crippen LogP contribution in [0.3, 0.4) is 0 Å². The van der Waals surface area contributed by atoms with E-state index >= 15 is 0 Å². The number of aryl methyl sites for hydroxylation is 1. The molecule has 2 rings (SSSR count). The summed E-state index contributed by atoms with van der Waals surface area (Å²) in [6.07, 6.45) is 3.11. The monoisotopic (exact) mass is 354 g/mol. The van der Waals surface area contributed by atoms with Crippen molar-refractivity contribution in [2.24, 2.45) is 10.9 Å². The van der Waals surface area contributed by atoms with E-state index in [1.165, 1.54) is 10.7 Å². The van der Waals surface area contributed by atoms with Gasteiger partial charge in [-0.3, -0.25) is 4.99 Å². The third-order valence-corrected chi connectivity index (χ3v) is 5.19. The molecular weight excluding hydrogens is 324 g/mol. The van der Waals surface area contributed by atoms with Crippen molar-refractivity contribution >= 4 is 17.3 Å². The number of nitrogens with zero attached hydrogens (tertiary/aromatic N) is 3. The van der Waals surface area contributed by atoms with Crippen LogP contribution < -0.4 is 5.32 Å². The van der Waals surface area contributed by atoms with Gasteiger partial charge in [-0.2, -0.15) is 0 Å². The second-order valence-electron chi connectivity index (χ2n) is 5.98. The van der Waals surface area contributed by atoms with Crippen molar-refractivity contribution in [3.05, 3.63) is 16.1 Å². The Balaban J connectivity index is 1.68. The van der Waals surface area contributed by atoms with Crippen LogP contribution in [0, 0.1) is 5.92 Å². The summed E-state index contributed by atoms with van der Waals surface area (Å²) in [5, 5.41) is 6.84. The number of guanidine groups is 1. The van der Waals surface area contributed by atoms with Gasteiger partial charge in [0.1, 0.15) is 0 Å². The molecule has 0 bridgehead atoms. The Morgan fingerprint density at radius 1 is 1.50 bits per heavy atom. The van der Waals surface area contributed by atoms with Gasteiger partial charge in [0.25, 0.3) is 0 Å². The molecule has 0 aromatic carbocycles.